The Labute approximate surface area is 176 Å². The lowest BCUT2D eigenvalue weighted by molar-refractivity contribution is 0.0936. The van der Waals surface area contributed by atoms with E-state index in [1.807, 2.05) is 38.2 Å². The zero-order valence-corrected chi connectivity index (χ0v) is 18.8. The third-order valence-electron chi connectivity index (χ3n) is 5.66. The van der Waals surface area contributed by atoms with Crippen molar-refractivity contribution in [3.8, 4) is 0 Å². The number of aliphatic hydroxyl groups is 1. The summed E-state index contributed by atoms with van der Waals surface area (Å²) in [6.07, 6.45) is 4.99. The predicted molar refractivity (Wildman–Crippen MR) is 121 cm³/mol. The average Bonchev–Trinajstić information content (AvgIpc) is 3.18. The van der Waals surface area contributed by atoms with Crippen LogP contribution in [0.5, 0.6) is 0 Å². The van der Waals surface area contributed by atoms with Crippen molar-refractivity contribution < 1.29 is 9.90 Å². The molecule has 0 saturated carbocycles. The molecule has 1 saturated heterocycles. The molecule has 1 atom stereocenters. The van der Waals surface area contributed by atoms with Gasteiger partial charge in [0.05, 0.1) is 14.6 Å². The average molecular weight is 421 g/mol. The highest BCUT2D eigenvalue weighted by molar-refractivity contribution is 7.39. The molecule has 2 aromatic heterocycles. The first-order valence-corrected chi connectivity index (χ1v) is 11.8. The van der Waals surface area contributed by atoms with Crippen LogP contribution in [0.2, 0.25) is 0 Å². The van der Waals surface area contributed by atoms with Crippen molar-refractivity contribution in [2.45, 2.75) is 46.5 Å². The molecule has 1 fully saturated rings. The maximum atomic E-state index is 12.6. The third kappa shape index (κ3) is 5.37. The molecule has 0 spiro atoms. The van der Waals surface area contributed by atoms with Gasteiger partial charge < -0.3 is 15.7 Å². The molecule has 0 bridgehead atoms. The van der Waals surface area contributed by atoms with Crippen molar-refractivity contribution in [2.75, 3.05) is 19.6 Å². The summed E-state index contributed by atoms with van der Waals surface area (Å²) in [4.78, 5) is 14.7. The van der Waals surface area contributed by atoms with E-state index in [9.17, 15) is 9.90 Å². The number of fused-ring (bicyclic) bond motifs is 1. The van der Waals surface area contributed by atoms with Gasteiger partial charge in [0.25, 0.3) is 5.91 Å². The minimum Gasteiger partial charge on any atom is -0.513 e. The number of aryl methyl sites for hydroxylation is 1. The number of piperidine rings is 1. The van der Waals surface area contributed by atoms with Crippen LogP contribution in [-0.4, -0.2) is 30.6 Å². The molecule has 3 N–H and O–H groups in total. The summed E-state index contributed by atoms with van der Waals surface area (Å²) < 4.78 is 1.23. The smallest absolute Gasteiger partial charge is 0.261 e. The van der Waals surface area contributed by atoms with Gasteiger partial charge in [-0.25, -0.2) is 0 Å². The Balaban J connectivity index is 1.57. The van der Waals surface area contributed by atoms with Gasteiger partial charge >= 0.3 is 0 Å². The lowest BCUT2D eigenvalue weighted by Crippen LogP contribution is -2.35. The van der Waals surface area contributed by atoms with Crippen molar-refractivity contribution in [3.05, 3.63) is 34.2 Å². The van der Waals surface area contributed by atoms with Crippen LogP contribution < -0.4 is 10.6 Å². The predicted octanol–water partition coefficient (Wildman–Crippen LogP) is 5.36. The number of rotatable bonds is 7. The lowest BCUT2D eigenvalue weighted by atomic mass is 9.79. The van der Waals surface area contributed by atoms with Crippen LogP contribution in [0.4, 0.5) is 0 Å². The van der Waals surface area contributed by atoms with Gasteiger partial charge in [-0.15, -0.1) is 22.7 Å². The Morgan fingerprint density at radius 1 is 1.32 bits per heavy atom. The van der Waals surface area contributed by atoms with Gasteiger partial charge in [-0.2, -0.15) is 0 Å². The van der Waals surface area contributed by atoms with Gasteiger partial charge in [-0.3, -0.25) is 4.79 Å². The first-order valence-electron chi connectivity index (χ1n) is 10.1. The van der Waals surface area contributed by atoms with Gasteiger partial charge in [0.15, 0.2) is 0 Å². The van der Waals surface area contributed by atoms with Crippen molar-refractivity contribution in [2.24, 2.45) is 17.3 Å². The molecule has 3 heterocycles. The summed E-state index contributed by atoms with van der Waals surface area (Å²) in [5.41, 5.74) is -0.155. The van der Waals surface area contributed by atoms with E-state index in [1.54, 1.807) is 11.3 Å². The third-order valence-corrected chi connectivity index (χ3v) is 8.11. The molecule has 28 heavy (non-hydrogen) atoms. The molecule has 154 valence electrons. The molecule has 0 aromatic carbocycles. The van der Waals surface area contributed by atoms with E-state index >= 15 is 0 Å². The maximum Gasteiger partial charge on any atom is 0.261 e. The number of nitrogens with one attached hydrogen (secondary N) is 2. The lowest BCUT2D eigenvalue weighted by Gasteiger charge is -2.29. The standard InChI is InChI=1S/C22H32N2O2S2/c1-14(25)18(22(2,3)4)13-24-20(26)19-12-16-11-17(27-21(16)28-19)6-5-15-7-9-23-10-8-15/h11-12,15,18,23,25H,1,5-10,13H2,2-4H3,(H,24,26). The fourth-order valence-corrected chi connectivity index (χ4v) is 6.27. The monoisotopic (exact) mass is 420 g/mol. The zero-order chi connectivity index (χ0) is 20.3. The largest absolute Gasteiger partial charge is 0.513 e. The zero-order valence-electron chi connectivity index (χ0n) is 17.1. The molecule has 1 unspecified atom stereocenters. The van der Waals surface area contributed by atoms with Crippen LogP contribution in [0, 0.1) is 17.3 Å². The minimum absolute atomic E-state index is 0.0693. The summed E-state index contributed by atoms with van der Waals surface area (Å²) in [6.45, 7) is 12.5. The summed E-state index contributed by atoms with van der Waals surface area (Å²) in [6, 6.07) is 4.25. The quantitative estimate of drug-likeness (QED) is 0.529. The van der Waals surface area contributed by atoms with Crippen LogP contribution in [0.3, 0.4) is 0 Å². The Morgan fingerprint density at radius 3 is 2.64 bits per heavy atom. The Bertz CT molecular complexity index is 794. The topological polar surface area (TPSA) is 61.4 Å². The number of carbonyl (C=O) groups excluding carboxylic acids is 1. The molecule has 3 rings (SSSR count). The first-order chi connectivity index (χ1) is 13.2. The highest BCUT2D eigenvalue weighted by Crippen LogP contribution is 2.35. The number of hydrogen-bond acceptors (Lipinski definition) is 5. The molecular weight excluding hydrogens is 388 g/mol. The molecular formula is C22H32N2O2S2. The molecule has 1 amide bonds. The van der Waals surface area contributed by atoms with E-state index in [0.29, 0.717) is 6.54 Å². The number of amides is 1. The molecule has 4 nitrogen and oxygen atoms in total. The van der Waals surface area contributed by atoms with E-state index in [0.717, 1.165) is 30.3 Å². The van der Waals surface area contributed by atoms with Crippen LogP contribution in [0.1, 0.15) is 54.6 Å². The van der Waals surface area contributed by atoms with Gasteiger partial charge in [0.2, 0.25) is 0 Å². The van der Waals surface area contributed by atoms with Gasteiger partial charge in [0.1, 0.15) is 0 Å². The Hall–Kier alpha value is -1.37. The van der Waals surface area contributed by atoms with E-state index in [-0.39, 0.29) is 23.0 Å². The van der Waals surface area contributed by atoms with E-state index in [4.69, 9.17) is 0 Å². The fourth-order valence-electron chi connectivity index (χ4n) is 3.85. The SMILES string of the molecule is C=C(O)C(CNC(=O)c1cc2cc(CCC3CCNCC3)sc2s1)C(C)(C)C. The highest BCUT2D eigenvalue weighted by Gasteiger charge is 2.28. The number of aliphatic hydroxyl groups excluding tert-OH is 1. The second kappa shape index (κ2) is 8.97. The van der Waals surface area contributed by atoms with Crippen LogP contribution in [-0.2, 0) is 6.42 Å². The minimum atomic E-state index is -0.167. The number of carbonyl (C=O) groups is 1. The molecule has 2 aromatic rings. The van der Waals surface area contributed by atoms with Crippen LogP contribution >= 0.6 is 22.7 Å². The van der Waals surface area contributed by atoms with Crippen LogP contribution in [0.25, 0.3) is 9.40 Å². The van der Waals surface area contributed by atoms with Gasteiger partial charge in [0, 0.05) is 22.7 Å². The number of hydrogen-bond donors (Lipinski definition) is 3. The van der Waals surface area contributed by atoms with Gasteiger partial charge in [-0.1, -0.05) is 27.4 Å². The maximum absolute atomic E-state index is 12.6. The second-order valence-electron chi connectivity index (χ2n) is 8.92. The van der Waals surface area contributed by atoms with Crippen LogP contribution in [0.15, 0.2) is 24.5 Å². The second-order valence-corrected chi connectivity index (χ2v) is 11.4. The molecule has 6 heteroatoms. The number of thiophene rings is 2. The summed E-state index contributed by atoms with van der Waals surface area (Å²) >= 11 is 3.39. The van der Waals surface area contributed by atoms with E-state index in [2.05, 4.69) is 23.3 Å². The van der Waals surface area contributed by atoms with Crippen molar-refractivity contribution >= 4 is 38.0 Å². The van der Waals surface area contributed by atoms with E-state index < -0.39 is 0 Å². The highest BCUT2D eigenvalue weighted by atomic mass is 32.2. The molecule has 1 aliphatic heterocycles. The van der Waals surface area contributed by atoms with E-state index in [1.165, 1.54) is 33.5 Å². The fraction of sp³-hybridized carbons (Fsp3) is 0.591. The summed E-state index contributed by atoms with van der Waals surface area (Å²) in [5, 5.41) is 17.4. The summed E-state index contributed by atoms with van der Waals surface area (Å²) in [7, 11) is 0. The van der Waals surface area contributed by atoms with Crippen molar-refractivity contribution in [3.63, 3.8) is 0 Å². The Kier molecular flexibility index (Phi) is 6.84. The molecule has 0 radical (unpaired) electrons. The normalized spacial score (nSPS) is 17.0. The molecule has 1 aliphatic rings. The van der Waals surface area contributed by atoms with Crippen molar-refractivity contribution in [1.82, 2.24) is 10.6 Å². The van der Waals surface area contributed by atoms with Gasteiger partial charge in [-0.05, 0) is 62.2 Å². The van der Waals surface area contributed by atoms with Crippen molar-refractivity contribution in [1.29, 1.82) is 0 Å². The Morgan fingerprint density at radius 2 is 2.04 bits per heavy atom. The molecule has 0 aliphatic carbocycles. The first kappa shape index (κ1) is 21.3. The summed E-state index contributed by atoms with van der Waals surface area (Å²) in [5.74, 6) is 0.734.